The lowest BCUT2D eigenvalue weighted by Gasteiger charge is -2.21. The van der Waals surface area contributed by atoms with Gasteiger partial charge in [-0.1, -0.05) is 66.7 Å². The normalized spacial score (nSPS) is 13.4. The van der Waals surface area contributed by atoms with Gasteiger partial charge in [0.15, 0.2) is 0 Å². The van der Waals surface area contributed by atoms with Gasteiger partial charge in [0, 0.05) is 16.0 Å². The minimum absolute atomic E-state index is 0.324. The molecule has 5 heteroatoms. The largest absolute Gasteiger partial charge is 0.371 e. The molecule has 0 bridgehead atoms. The lowest BCUT2D eigenvalue weighted by Crippen LogP contribution is -2.27. The number of hydrogen-bond donors (Lipinski definition) is 1. The van der Waals surface area contributed by atoms with Gasteiger partial charge < -0.3 is 5.32 Å². The van der Waals surface area contributed by atoms with Crippen molar-refractivity contribution in [3.05, 3.63) is 88.5 Å². The monoisotopic (exact) mass is 370 g/mol. The third-order valence-corrected chi connectivity index (χ3v) is 4.60. The average molecular weight is 371 g/mol. The highest BCUT2D eigenvalue weighted by Gasteiger charge is 2.30. The highest BCUT2D eigenvalue weighted by Crippen LogP contribution is 2.31. The number of hydrogen-bond acceptors (Lipinski definition) is 3. The first-order chi connectivity index (χ1) is 11.2. The number of nitrogens with zero attached hydrogens (tertiary/aromatic N) is 1. The van der Waals surface area contributed by atoms with E-state index in [1.807, 2.05) is 72.8 Å². The Morgan fingerprint density at radius 2 is 1.57 bits per heavy atom. The zero-order chi connectivity index (χ0) is 16.2. The maximum atomic E-state index is 11.3. The maximum Gasteiger partial charge on any atom is 0.289 e. The summed E-state index contributed by atoms with van der Waals surface area (Å²) in [5.74, 6) is 0. The molecule has 0 spiro atoms. The molecule has 3 rings (SSSR count). The number of anilines is 1. The van der Waals surface area contributed by atoms with Crippen LogP contribution in [0.1, 0.15) is 11.6 Å². The standard InChI is InChI=1S/C18H15BrN2O2/c19-18(21(22)23)17(14-8-2-1-3-9-14)20-16-12-6-10-13-7-4-5-11-15(13)16/h1-12,17-18,20H. The Morgan fingerprint density at radius 3 is 2.30 bits per heavy atom. The molecule has 0 aliphatic heterocycles. The molecule has 0 aromatic heterocycles. The Balaban J connectivity index is 2.02. The molecule has 2 unspecified atom stereocenters. The smallest absolute Gasteiger partial charge is 0.289 e. The molecule has 3 aromatic rings. The van der Waals surface area contributed by atoms with E-state index in [-0.39, 0.29) is 4.92 Å². The van der Waals surface area contributed by atoms with Gasteiger partial charge in [-0.25, -0.2) is 0 Å². The molecule has 0 saturated carbocycles. The second-order valence-electron chi connectivity index (χ2n) is 5.22. The van der Waals surface area contributed by atoms with E-state index in [0.717, 1.165) is 22.0 Å². The number of fused-ring (bicyclic) bond motifs is 1. The molecule has 23 heavy (non-hydrogen) atoms. The number of rotatable bonds is 5. The Kier molecular flexibility index (Phi) is 4.57. The van der Waals surface area contributed by atoms with E-state index >= 15 is 0 Å². The van der Waals surface area contributed by atoms with Crippen molar-refractivity contribution in [2.24, 2.45) is 0 Å². The van der Waals surface area contributed by atoms with Crippen LogP contribution in [0.2, 0.25) is 0 Å². The van der Waals surface area contributed by atoms with Gasteiger partial charge in [-0.05, 0) is 32.9 Å². The lowest BCUT2D eigenvalue weighted by molar-refractivity contribution is -0.495. The zero-order valence-electron chi connectivity index (χ0n) is 12.2. The first-order valence-electron chi connectivity index (χ1n) is 7.23. The van der Waals surface area contributed by atoms with Gasteiger partial charge in [-0.15, -0.1) is 0 Å². The molecule has 0 saturated heterocycles. The van der Waals surface area contributed by atoms with E-state index in [4.69, 9.17) is 0 Å². The number of benzene rings is 3. The van der Waals surface area contributed by atoms with Crippen molar-refractivity contribution < 1.29 is 4.92 Å². The van der Waals surface area contributed by atoms with Crippen molar-refractivity contribution in [1.82, 2.24) is 0 Å². The molecule has 1 N–H and O–H groups in total. The second kappa shape index (κ2) is 6.79. The number of nitro groups is 1. The number of halogens is 1. The van der Waals surface area contributed by atoms with Crippen molar-refractivity contribution in [1.29, 1.82) is 0 Å². The summed E-state index contributed by atoms with van der Waals surface area (Å²) in [7, 11) is 0. The highest BCUT2D eigenvalue weighted by atomic mass is 79.9. The van der Waals surface area contributed by atoms with Crippen LogP contribution >= 0.6 is 15.9 Å². The fourth-order valence-corrected chi connectivity index (χ4v) is 3.05. The summed E-state index contributed by atoms with van der Waals surface area (Å²) in [4.78, 5) is 10.0. The van der Waals surface area contributed by atoms with Gasteiger partial charge in [0.25, 0.3) is 4.95 Å². The van der Waals surface area contributed by atoms with Crippen molar-refractivity contribution in [3.63, 3.8) is 0 Å². The van der Waals surface area contributed by atoms with E-state index in [1.165, 1.54) is 0 Å². The van der Waals surface area contributed by atoms with Gasteiger partial charge >= 0.3 is 0 Å². The Morgan fingerprint density at radius 1 is 0.913 bits per heavy atom. The minimum Gasteiger partial charge on any atom is -0.371 e. The summed E-state index contributed by atoms with van der Waals surface area (Å²) in [5.41, 5.74) is 1.74. The molecule has 3 aromatic carbocycles. The van der Waals surface area contributed by atoms with Crippen LogP contribution in [-0.2, 0) is 0 Å². The molecule has 0 amide bonds. The zero-order valence-corrected chi connectivity index (χ0v) is 13.8. The molecule has 2 atom stereocenters. The van der Waals surface area contributed by atoms with E-state index in [9.17, 15) is 10.1 Å². The Bertz CT molecular complexity index is 818. The Hall–Kier alpha value is -2.40. The van der Waals surface area contributed by atoms with Gasteiger partial charge in [-0.3, -0.25) is 10.1 Å². The van der Waals surface area contributed by atoms with Crippen LogP contribution in [0.25, 0.3) is 10.8 Å². The van der Waals surface area contributed by atoms with Gasteiger partial charge in [0.1, 0.15) is 6.04 Å². The molecule has 0 aliphatic rings. The summed E-state index contributed by atoms with van der Waals surface area (Å²) < 4.78 is 0. The average Bonchev–Trinajstić information content (AvgIpc) is 2.60. The molecule has 4 nitrogen and oxygen atoms in total. The van der Waals surface area contributed by atoms with Crippen molar-refractivity contribution in [2.75, 3.05) is 5.32 Å². The van der Waals surface area contributed by atoms with Crippen LogP contribution in [0.3, 0.4) is 0 Å². The molecule has 116 valence electrons. The predicted octanol–water partition coefficient (Wildman–Crippen LogP) is 4.99. The van der Waals surface area contributed by atoms with Gasteiger partial charge in [0.2, 0.25) is 0 Å². The van der Waals surface area contributed by atoms with Crippen molar-refractivity contribution in [2.45, 2.75) is 11.0 Å². The highest BCUT2D eigenvalue weighted by molar-refractivity contribution is 9.09. The van der Waals surface area contributed by atoms with Crippen molar-refractivity contribution in [3.8, 4) is 0 Å². The van der Waals surface area contributed by atoms with Crippen molar-refractivity contribution >= 4 is 32.4 Å². The molecular formula is C18H15BrN2O2. The third kappa shape index (κ3) is 3.35. The van der Waals surface area contributed by atoms with Crippen LogP contribution in [0.4, 0.5) is 5.69 Å². The van der Waals surface area contributed by atoms with E-state index < -0.39 is 11.0 Å². The predicted molar refractivity (Wildman–Crippen MR) is 96.5 cm³/mol. The quantitative estimate of drug-likeness (QED) is 0.298. The summed E-state index contributed by atoms with van der Waals surface area (Å²) in [6, 6.07) is 22.9. The van der Waals surface area contributed by atoms with E-state index in [0.29, 0.717) is 0 Å². The SMILES string of the molecule is O=[N+]([O-])C(Br)C(Nc1cccc2ccccc12)c1ccccc1. The van der Waals surface area contributed by atoms with E-state index in [2.05, 4.69) is 21.2 Å². The topological polar surface area (TPSA) is 55.2 Å². The first-order valence-corrected chi connectivity index (χ1v) is 8.15. The van der Waals surface area contributed by atoms with Gasteiger partial charge in [0.05, 0.1) is 0 Å². The molecule has 0 radical (unpaired) electrons. The molecule has 0 heterocycles. The number of alkyl halides is 1. The van der Waals surface area contributed by atoms with Crippen LogP contribution in [-0.4, -0.2) is 9.87 Å². The maximum absolute atomic E-state index is 11.3. The second-order valence-corrected chi connectivity index (χ2v) is 6.16. The molecular weight excluding hydrogens is 356 g/mol. The van der Waals surface area contributed by atoms with Crippen LogP contribution in [0.15, 0.2) is 72.8 Å². The third-order valence-electron chi connectivity index (χ3n) is 3.74. The van der Waals surface area contributed by atoms with Gasteiger partial charge in [-0.2, -0.15) is 0 Å². The van der Waals surface area contributed by atoms with E-state index in [1.54, 1.807) is 0 Å². The summed E-state index contributed by atoms with van der Waals surface area (Å²) in [6.07, 6.45) is 0. The summed E-state index contributed by atoms with van der Waals surface area (Å²) >= 11 is 3.21. The lowest BCUT2D eigenvalue weighted by atomic mass is 10.0. The first kappa shape index (κ1) is 15.5. The molecule has 0 fully saturated rings. The van der Waals surface area contributed by atoms with Crippen LogP contribution < -0.4 is 5.32 Å². The summed E-state index contributed by atoms with van der Waals surface area (Å²) in [5, 5.41) is 16.8. The number of nitrogens with one attached hydrogen (secondary N) is 1. The summed E-state index contributed by atoms with van der Waals surface area (Å²) in [6.45, 7) is 0. The molecule has 0 aliphatic carbocycles. The fourth-order valence-electron chi connectivity index (χ4n) is 2.61. The minimum atomic E-state index is -0.927. The fraction of sp³-hybridized carbons (Fsp3) is 0.111. The van der Waals surface area contributed by atoms with Crippen LogP contribution in [0, 0.1) is 10.1 Å². The van der Waals surface area contributed by atoms with Crippen LogP contribution in [0.5, 0.6) is 0 Å². The Labute approximate surface area is 142 Å².